The Balaban J connectivity index is 0.950. The lowest BCUT2D eigenvalue weighted by Gasteiger charge is -2.16. The second-order valence-electron chi connectivity index (χ2n) is 18.4. The minimum Gasteiger partial charge on any atom is -0.322 e. The van der Waals surface area contributed by atoms with Crippen LogP contribution in [-0.4, -0.2) is 107 Å². The third kappa shape index (κ3) is 14.0. The number of rotatable bonds is 16. The summed E-state index contributed by atoms with van der Waals surface area (Å²) in [5.41, 5.74) is -0.260. The quantitative estimate of drug-likeness (QED) is 0.0445. The van der Waals surface area contributed by atoms with Crippen molar-refractivity contribution >= 4 is 146 Å². The number of nitrogens with one attached hydrogen (secondary N) is 6. The molecule has 0 heterocycles. The van der Waals surface area contributed by atoms with Gasteiger partial charge < -0.3 is 31.9 Å². The summed E-state index contributed by atoms with van der Waals surface area (Å²) >= 11 is 0. The average molecular weight is 1300 g/mol. The van der Waals surface area contributed by atoms with Gasteiger partial charge >= 0.3 is 6.03 Å². The molecule has 0 unspecified atom stereocenters. The minimum atomic E-state index is -5.45. The third-order valence-corrected chi connectivity index (χ3v) is 17.7. The molecule has 29 nitrogen and oxygen atoms in total. The second kappa shape index (κ2) is 23.0. The van der Waals surface area contributed by atoms with Crippen molar-refractivity contribution in [3.8, 4) is 0 Å². The Kier molecular flexibility index (Phi) is 16.9. The number of hydrogen-bond acceptors (Lipinski definition) is 17. The van der Waals surface area contributed by atoms with E-state index in [2.05, 4.69) is 31.9 Å². The fraction of sp³-hybridized carbons (Fsp3) is 0.0392. The molecule has 0 aromatic heterocycles. The maximum absolute atomic E-state index is 13.6. The number of urea groups is 1. The van der Waals surface area contributed by atoms with Crippen LogP contribution >= 0.6 is 0 Å². The van der Waals surface area contributed by atoms with E-state index in [9.17, 15) is 102 Å². The summed E-state index contributed by atoms with van der Waals surface area (Å²) in [6, 6.07) is 22.5. The molecular formula is C51H40N6O23S6. The summed E-state index contributed by atoms with van der Waals surface area (Å²) in [5, 5.41) is 11.8. The maximum atomic E-state index is 13.6. The molecule has 8 aromatic rings. The van der Waals surface area contributed by atoms with E-state index in [0.29, 0.717) is 47.5 Å². The first-order valence-electron chi connectivity index (χ1n) is 23.6. The smallest absolute Gasteiger partial charge is 0.322 e. The Morgan fingerprint density at radius 3 is 0.965 bits per heavy atom. The van der Waals surface area contributed by atoms with Gasteiger partial charge in [0.15, 0.2) is 0 Å². The molecule has 0 bridgehead atoms. The Morgan fingerprint density at radius 2 is 0.640 bits per heavy atom. The molecule has 0 fully saturated rings. The molecule has 0 aliphatic rings. The van der Waals surface area contributed by atoms with Crippen LogP contribution in [0.15, 0.2) is 163 Å². The number of aryl methyl sites for hydroxylation is 2. The second-order valence-corrected chi connectivity index (χ2v) is 26.8. The topological polar surface area (TPSA) is 484 Å². The van der Waals surface area contributed by atoms with Crippen molar-refractivity contribution < 1.29 is 102 Å². The molecule has 6 amide bonds. The zero-order valence-corrected chi connectivity index (χ0v) is 48.2. The molecule has 86 heavy (non-hydrogen) atoms. The van der Waals surface area contributed by atoms with Crippen LogP contribution in [0.1, 0.15) is 52.6 Å². The Labute approximate surface area is 487 Å². The van der Waals surface area contributed by atoms with Gasteiger partial charge in [0, 0.05) is 66.5 Å². The van der Waals surface area contributed by atoms with E-state index in [0.717, 1.165) is 12.1 Å². The van der Waals surface area contributed by atoms with Crippen molar-refractivity contribution in [3.05, 3.63) is 167 Å². The number of anilines is 6. The lowest BCUT2D eigenvalue weighted by molar-refractivity contribution is 0.101. The Morgan fingerprint density at radius 1 is 0.314 bits per heavy atom. The van der Waals surface area contributed by atoms with Crippen molar-refractivity contribution in [1.82, 2.24) is 0 Å². The van der Waals surface area contributed by atoms with Crippen LogP contribution < -0.4 is 31.9 Å². The molecule has 0 saturated carbocycles. The Hall–Kier alpha value is -9.11. The van der Waals surface area contributed by atoms with Gasteiger partial charge in [0.2, 0.25) is 0 Å². The van der Waals surface area contributed by atoms with Gasteiger partial charge in [0.05, 0.1) is 21.2 Å². The highest BCUT2D eigenvalue weighted by atomic mass is 32.2. The van der Waals surface area contributed by atoms with Crippen LogP contribution in [0.25, 0.3) is 21.5 Å². The number of hydrogen-bond donors (Lipinski definition) is 12. The summed E-state index contributed by atoms with van der Waals surface area (Å²) < 4.78 is 206. The van der Waals surface area contributed by atoms with Gasteiger partial charge in [-0.25, -0.2) is 4.79 Å². The Bertz CT molecular complexity index is 4710. The van der Waals surface area contributed by atoms with Crippen LogP contribution in [0.2, 0.25) is 0 Å². The van der Waals surface area contributed by atoms with Gasteiger partial charge in [0.25, 0.3) is 84.3 Å². The molecule has 8 aromatic carbocycles. The molecule has 12 N–H and O–H groups in total. The highest BCUT2D eigenvalue weighted by Gasteiger charge is 2.30. The van der Waals surface area contributed by atoms with E-state index in [1.807, 2.05) is 0 Å². The van der Waals surface area contributed by atoms with Crippen LogP contribution in [0.4, 0.5) is 38.9 Å². The first-order valence-corrected chi connectivity index (χ1v) is 32.2. The first-order chi connectivity index (χ1) is 39.8. The van der Waals surface area contributed by atoms with Crippen LogP contribution in [-0.2, 0) is 60.7 Å². The summed E-state index contributed by atoms with van der Waals surface area (Å²) in [6.45, 7) is 3.21. The SMILES string of the molecule is Cc1ccc(C(=O)Nc2cccc(C(=O)Nc3ccc(S(=O)(=O)O)c4cc(S(=O)(=O)O)cc(S(=O)(=O)O)c34)c2)cc1NC(=O)Nc1cc(C(=O)Nc2cccc(C(=O)Nc3ccc(S(=O)(=O)O)c4cc(S(=O)(=O)O)cc(S(=O)(=O)O)c34)c2)ccc1C. The van der Waals surface area contributed by atoms with Gasteiger partial charge in [-0.3, -0.25) is 46.5 Å². The van der Waals surface area contributed by atoms with Crippen LogP contribution in [0.5, 0.6) is 0 Å². The van der Waals surface area contributed by atoms with Crippen molar-refractivity contribution in [1.29, 1.82) is 0 Å². The molecule has 35 heteroatoms. The monoisotopic (exact) mass is 1300 g/mol. The van der Waals surface area contributed by atoms with Crippen molar-refractivity contribution in [3.63, 3.8) is 0 Å². The van der Waals surface area contributed by atoms with E-state index in [1.54, 1.807) is 13.8 Å². The van der Waals surface area contributed by atoms with Crippen LogP contribution in [0, 0.1) is 13.8 Å². The van der Waals surface area contributed by atoms with E-state index in [-0.39, 0.29) is 45.0 Å². The summed E-state index contributed by atoms with van der Waals surface area (Å²) in [4.78, 5) is 60.8. The number of carbonyl (C=O) groups is 5. The van der Waals surface area contributed by atoms with Crippen molar-refractivity contribution in [2.24, 2.45) is 0 Å². The van der Waals surface area contributed by atoms with E-state index in [1.165, 1.54) is 84.9 Å². The first kappa shape index (κ1) is 62.9. The van der Waals surface area contributed by atoms with Gasteiger partial charge in [-0.1, -0.05) is 24.3 Å². The summed E-state index contributed by atoms with van der Waals surface area (Å²) in [7, 11) is -31.9. The fourth-order valence-electron chi connectivity index (χ4n) is 8.50. The van der Waals surface area contributed by atoms with E-state index >= 15 is 0 Å². The highest BCUT2D eigenvalue weighted by molar-refractivity contribution is 7.88. The average Bonchev–Trinajstić information content (AvgIpc) is 0.766. The highest BCUT2D eigenvalue weighted by Crippen LogP contribution is 2.39. The molecule has 0 saturated heterocycles. The normalized spacial score (nSPS) is 12.3. The van der Waals surface area contributed by atoms with Gasteiger partial charge in [-0.05, 0) is 134 Å². The lowest BCUT2D eigenvalue weighted by Crippen LogP contribution is -2.22. The predicted molar refractivity (Wildman–Crippen MR) is 306 cm³/mol. The maximum Gasteiger partial charge on any atom is 0.323 e. The number of amides is 6. The lowest BCUT2D eigenvalue weighted by atomic mass is 10.1. The number of carbonyl (C=O) groups excluding carboxylic acids is 5. The molecule has 0 aliphatic carbocycles. The third-order valence-electron chi connectivity index (χ3n) is 12.5. The molecule has 448 valence electrons. The van der Waals surface area contributed by atoms with Crippen molar-refractivity contribution in [2.75, 3.05) is 31.9 Å². The minimum absolute atomic E-state index is 0.0104. The fourth-order valence-corrected chi connectivity index (χ4v) is 12.6. The number of fused-ring (bicyclic) bond motifs is 2. The van der Waals surface area contributed by atoms with Gasteiger partial charge in [-0.2, -0.15) is 50.5 Å². The molecule has 0 aliphatic heterocycles. The molecule has 8 rings (SSSR count). The van der Waals surface area contributed by atoms with E-state index in [4.69, 9.17) is 0 Å². The van der Waals surface area contributed by atoms with Crippen molar-refractivity contribution in [2.45, 2.75) is 43.2 Å². The zero-order valence-electron chi connectivity index (χ0n) is 43.3. The zero-order chi connectivity index (χ0) is 63.4. The molecule has 0 spiro atoms. The largest absolute Gasteiger partial charge is 0.323 e. The van der Waals surface area contributed by atoms with Crippen LogP contribution in [0.3, 0.4) is 0 Å². The standard InChI is InChI=1S/C51H40N6O23S6/c1-25-9-11-29(47(58)52-31-7-3-5-27(17-31)49(60)54-37-13-15-41(83(69,70)71)35-21-33(81(63,64)65)23-43(45(35)37)85(75,76)77)19-39(25)56-51(62)57-40-20-30(12-10-26(40)2)48(59)53-32-8-4-6-28(18-32)50(61)55-38-14-16-42(84(72,73)74)36-22-34(82(66,67)68)24-44(46(36)38)86(78,79)80/h3-24H,1-2H3,(H,52,58)(H,53,59)(H,54,60)(H,55,61)(H2,56,57,62)(H,63,64,65)(H,66,67,68)(H,69,70,71)(H,72,73,74)(H,75,76,77)(H,78,79,80). The molecular weight excluding hydrogens is 1260 g/mol. The number of benzene rings is 8. The molecule has 0 radical (unpaired) electrons. The van der Waals surface area contributed by atoms with Gasteiger partial charge in [0.1, 0.15) is 19.6 Å². The summed E-state index contributed by atoms with van der Waals surface area (Å²) in [6.07, 6.45) is 0. The van der Waals surface area contributed by atoms with Gasteiger partial charge in [-0.15, -0.1) is 0 Å². The molecule has 0 atom stereocenters. The van der Waals surface area contributed by atoms with E-state index < -0.39 is 153 Å². The summed E-state index contributed by atoms with van der Waals surface area (Å²) in [5.74, 6) is -3.57. The predicted octanol–water partition coefficient (Wildman–Crippen LogP) is 6.74.